The summed E-state index contributed by atoms with van der Waals surface area (Å²) in [4.78, 5) is 12.3. The van der Waals surface area contributed by atoms with Crippen molar-refractivity contribution in [3.05, 3.63) is 23.8 Å². The Labute approximate surface area is 149 Å². The van der Waals surface area contributed by atoms with Gasteiger partial charge in [-0.2, -0.15) is 5.26 Å². The SMILES string of the molecule is Cc1ccc(S(=O)(=O)N(C)C)cc1NCC(=O)NC(C)(C#N)C1CC1. The lowest BCUT2D eigenvalue weighted by Crippen LogP contribution is -2.48. The van der Waals surface area contributed by atoms with Gasteiger partial charge >= 0.3 is 0 Å². The number of aryl methyl sites for hydroxylation is 1. The summed E-state index contributed by atoms with van der Waals surface area (Å²) in [5, 5.41) is 15.0. The molecule has 0 saturated heterocycles. The number of carbonyl (C=O) groups is 1. The molecule has 136 valence electrons. The number of benzene rings is 1. The molecule has 1 aromatic carbocycles. The highest BCUT2D eigenvalue weighted by Crippen LogP contribution is 2.39. The van der Waals surface area contributed by atoms with E-state index in [9.17, 15) is 18.5 Å². The third kappa shape index (κ3) is 4.30. The minimum Gasteiger partial charge on any atom is -0.376 e. The summed E-state index contributed by atoms with van der Waals surface area (Å²) >= 11 is 0. The molecular weight excluding hydrogens is 340 g/mol. The van der Waals surface area contributed by atoms with Gasteiger partial charge in [0.05, 0.1) is 17.5 Å². The summed E-state index contributed by atoms with van der Waals surface area (Å²) in [6.07, 6.45) is 1.89. The van der Waals surface area contributed by atoms with Gasteiger partial charge in [0.15, 0.2) is 0 Å². The lowest BCUT2D eigenvalue weighted by atomic mass is 9.98. The van der Waals surface area contributed by atoms with Crippen LogP contribution in [0.2, 0.25) is 0 Å². The number of rotatable bonds is 7. The Hall–Kier alpha value is -2.11. The number of anilines is 1. The van der Waals surface area contributed by atoms with Gasteiger partial charge in [0, 0.05) is 19.8 Å². The van der Waals surface area contributed by atoms with Crippen molar-refractivity contribution in [3.63, 3.8) is 0 Å². The quantitative estimate of drug-likeness (QED) is 0.763. The van der Waals surface area contributed by atoms with Crippen LogP contribution < -0.4 is 10.6 Å². The molecule has 2 N–H and O–H groups in total. The van der Waals surface area contributed by atoms with Crippen LogP contribution in [0.15, 0.2) is 23.1 Å². The fourth-order valence-electron chi connectivity index (χ4n) is 2.55. The molecule has 1 aliphatic carbocycles. The second kappa shape index (κ2) is 7.02. The third-order valence-corrected chi connectivity index (χ3v) is 6.26. The van der Waals surface area contributed by atoms with Gasteiger partial charge in [0.1, 0.15) is 5.54 Å². The van der Waals surface area contributed by atoms with Gasteiger partial charge in [-0.05, 0) is 50.3 Å². The van der Waals surface area contributed by atoms with Crippen LogP contribution in [0.1, 0.15) is 25.3 Å². The molecule has 0 bridgehead atoms. The molecule has 0 aliphatic heterocycles. The van der Waals surface area contributed by atoms with Crippen molar-refractivity contribution in [2.45, 2.75) is 37.1 Å². The van der Waals surface area contributed by atoms with Gasteiger partial charge in [-0.15, -0.1) is 0 Å². The highest BCUT2D eigenvalue weighted by Gasteiger charge is 2.42. The van der Waals surface area contributed by atoms with Crippen LogP contribution in [0.3, 0.4) is 0 Å². The number of carbonyl (C=O) groups excluding carboxylic acids is 1. The number of hydrogen-bond acceptors (Lipinski definition) is 5. The van der Waals surface area contributed by atoms with Crippen LogP contribution in [-0.2, 0) is 14.8 Å². The molecule has 0 aromatic heterocycles. The Kier molecular flexibility index (Phi) is 5.40. The second-order valence-corrected chi connectivity index (χ2v) is 8.91. The predicted molar refractivity (Wildman–Crippen MR) is 95.4 cm³/mol. The normalized spacial score (nSPS) is 16.8. The second-order valence-electron chi connectivity index (χ2n) is 6.75. The van der Waals surface area contributed by atoms with E-state index in [0.717, 1.165) is 22.7 Å². The molecule has 1 aromatic rings. The van der Waals surface area contributed by atoms with Crippen LogP contribution >= 0.6 is 0 Å². The number of nitriles is 1. The van der Waals surface area contributed by atoms with Gasteiger partial charge in [0.2, 0.25) is 15.9 Å². The minimum atomic E-state index is -3.54. The first-order valence-electron chi connectivity index (χ1n) is 8.09. The van der Waals surface area contributed by atoms with E-state index in [-0.39, 0.29) is 23.3 Å². The summed E-state index contributed by atoms with van der Waals surface area (Å²) in [6, 6.07) is 6.93. The largest absolute Gasteiger partial charge is 0.376 e. The van der Waals surface area contributed by atoms with Gasteiger partial charge in [0.25, 0.3) is 0 Å². The van der Waals surface area contributed by atoms with Crippen LogP contribution in [0.25, 0.3) is 0 Å². The molecular formula is C17H24N4O3S. The van der Waals surface area contributed by atoms with E-state index in [4.69, 9.17) is 0 Å². The highest BCUT2D eigenvalue weighted by atomic mass is 32.2. The molecule has 1 atom stereocenters. The molecule has 1 saturated carbocycles. The van der Waals surface area contributed by atoms with E-state index in [2.05, 4.69) is 16.7 Å². The fourth-order valence-corrected chi connectivity index (χ4v) is 3.48. The van der Waals surface area contributed by atoms with Crippen molar-refractivity contribution in [3.8, 4) is 6.07 Å². The minimum absolute atomic E-state index is 0.0315. The molecule has 1 unspecified atom stereocenters. The molecule has 0 spiro atoms. The monoisotopic (exact) mass is 364 g/mol. The highest BCUT2D eigenvalue weighted by molar-refractivity contribution is 7.89. The molecule has 1 aliphatic rings. The first kappa shape index (κ1) is 19.2. The summed E-state index contributed by atoms with van der Waals surface area (Å²) in [5.41, 5.74) is 0.558. The average molecular weight is 364 g/mol. The molecule has 25 heavy (non-hydrogen) atoms. The Morgan fingerprint density at radius 2 is 2.04 bits per heavy atom. The maximum absolute atomic E-state index is 12.2. The van der Waals surface area contributed by atoms with Crippen LogP contribution in [0, 0.1) is 24.2 Å². The third-order valence-electron chi connectivity index (χ3n) is 4.45. The van der Waals surface area contributed by atoms with Gasteiger partial charge < -0.3 is 10.6 Å². The average Bonchev–Trinajstić information content (AvgIpc) is 3.39. The van der Waals surface area contributed by atoms with Crippen molar-refractivity contribution in [2.24, 2.45) is 5.92 Å². The van der Waals surface area contributed by atoms with Crippen LogP contribution in [-0.4, -0.2) is 44.8 Å². The van der Waals surface area contributed by atoms with Crippen molar-refractivity contribution in [1.82, 2.24) is 9.62 Å². The number of sulfonamides is 1. The Bertz CT molecular complexity index is 810. The van der Waals surface area contributed by atoms with Crippen LogP contribution in [0.5, 0.6) is 0 Å². The smallest absolute Gasteiger partial charge is 0.242 e. The molecule has 0 radical (unpaired) electrons. The molecule has 1 fully saturated rings. The zero-order valence-electron chi connectivity index (χ0n) is 15.0. The molecule has 0 heterocycles. The summed E-state index contributed by atoms with van der Waals surface area (Å²) < 4.78 is 25.6. The summed E-state index contributed by atoms with van der Waals surface area (Å²) in [6.45, 7) is 3.53. The van der Waals surface area contributed by atoms with Crippen molar-refractivity contribution in [1.29, 1.82) is 5.26 Å². The van der Waals surface area contributed by atoms with E-state index in [0.29, 0.717) is 5.69 Å². The first-order chi connectivity index (χ1) is 11.6. The summed E-state index contributed by atoms with van der Waals surface area (Å²) in [7, 11) is -0.604. The van der Waals surface area contributed by atoms with Crippen molar-refractivity contribution in [2.75, 3.05) is 26.0 Å². The lowest BCUT2D eigenvalue weighted by molar-refractivity contribution is -0.120. The van der Waals surface area contributed by atoms with Gasteiger partial charge in [-0.1, -0.05) is 6.07 Å². The van der Waals surface area contributed by atoms with Crippen molar-refractivity contribution < 1.29 is 13.2 Å². The molecule has 2 rings (SSSR count). The molecule has 1 amide bonds. The Morgan fingerprint density at radius 1 is 1.40 bits per heavy atom. The predicted octanol–water partition coefficient (Wildman–Crippen LogP) is 1.47. The maximum atomic E-state index is 12.2. The number of nitrogens with zero attached hydrogens (tertiary/aromatic N) is 2. The van der Waals surface area contributed by atoms with E-state index >= 15 is 0 Å². The Morgan fingerprint density at radius 3 is 2.56 bits per heavy atom. The van der Waals surface area contributed by atoms with E-state index < -0.39 is 15.6 Å². The zero-order valence-corrected chi connectivity index (χ0v) is 15.8. The zero-order chi connectivity index (χ0) is 18.8. The Balaban J connectivity index is 2.08. The number of amides is 1. The van der Waals surface area contributed by atoms with E-state index in [1.165, 1.54) is 26.2 Å². The number of hydrogen-bond donors (Lipinski definition) is 2. The van der Waals surface area contributed by atoms with Gasteiger partial charge in [-0.3, -0.25) is 4.79 Å². The first-order valence-corrected chi connectivity index (χ1v) is 9.53. The fraction of sp³-hybridized carbons (Fsp3) is 0.529. The van der Waals surface area contributed by atoms with Crippen LogP contribution in [0.4, 0.5) is 5.69 Å². The molecule has 7 nitrogen and oxygen atoms in total. The van der Waals surface area contributed by atoms with Gasteiger partial charge in [-0.25, -0.2) is 12.7 Å². The standard InChI is InChI=1S/C17H24N4O3S/c1-12-5-8-14(25(23,24)21(3)4)9-15(12)19-10-16(22)20-17(2,11-18)13-6-7-13/h5,8-9,13,19H,6-7,10H2,1-4H3,(H,20,22). The number of nitrogens with one attached hydrogen (secondary N) is 2. The van der Waals surface area contributed by atoms with Crippen molar-refractivity contribution >= 4 is 21.6 Å². The van der Waals surface area contributed by atoms with E-state index in [1.807, 2.05) is 6.92 Å². The topological polar surface area (TPSA) is 102 Å². The summed E-state index contributed by atoms with van der Waals surface area (Å²) in [5.74, 6) is -0.0898. The lowest BCUT2D eigenvalue weighted by Gasteiger charge is -2.23. The van der Waals surface area contributed by atoms with E-state index in [1.54, 1.807) is 13.0 Å². The molecule has 8 heteroatoms. The maximum Gasteiger partial charge on any atom is 0.242 e.